The lowest BCUT2D eigenvalue weighted by Crippen LogP contribution is -2.36. The molecule has 0 aromatic heterocycles. The molecule has 5 heteroatoms. The molecule has 0 saturated carbocycles. The lowest BCUT2D eigenvalue weighted by molar-refractivity contribution is -0.129. The monoisotopic (exact) mass is 244 g/mol. The van der Waals surface area contributed by atoms with Crippen LogP contribution < -0.4 is 5.32 Å². The highest BCUT2D eigenvalue weighted by Gasteiger charge is 2.16. The molecule has 0 radical (unpaired) electrons. The standard InChI is InChI=1S/C12H24N2O3/c1-16-9-10-17-8-4-5-13-11-12(15)14-6-2-3-7-14/h13H,2-11H2,1H3. The van der Waals surface area contributed by atoms with Gasteiger partial charge < -0.3 is 19.7 Å². The largest absolute Gasteiger partial charge is 0.382 e. The second-order valence-corrected chi connectivity index (χ2v) is 4.22. The van der Waals surface area contributed by atoms with E-state index in [-0.39, 0.29) is 5.91 Å². The molecule has 0 aromatic rings. The molecule has 0 aliphatic carbocycles. The number of hydrogen-bond donors (Lipinski definition) is 1. The van der Waals surface area contributed by atoms with Crippen LogP contribution in [-0.2, 0) is 14.3 Å². The molecule has 0 spiro atoms. The Morgan fingerprint density at radius 1 is 1.24 bits per heavy atom. The normalized spacial score (nSPS) is 15.5. The molecular formula is C12H24N2O3. The SMILES string of the molecule is COCCOCCCNCC(=O)N1CCCC1. The summed E-state index contributed by atoms with van der Waals surface area (Å²) in [5.74, 6) is 0.225. The van der Waals surface area contributed by atoms with Crippen LogP contribution in [-0.4, -0.2) is 63.9 Å². The first-order chi connectivity index (χ1) is 8.34. The van der Waals surface area contributed by atoms with Crippen molar-refractivity contribution in [1.29, 1.82) is 0 Å². The van der Waals surface area contributed by atoms with E-state index >= 15 is 0 Å². The Bertz CT molecular complexity index is 206. The molecular weight excluding hydrogens is 220 g/mol. The molecule has 0 aromatic carbocycles. The van der Waals surface area contributed by atoms with Crippen LogP contribution in [0.1, 0.15) is 19.3 Å². The van der Waals surface area contributed by atoms with Crippen molar-refractivity contribution in [3.8, 4) is 0 Å². The van der Waals surface area contributed by atoms with Gasteiger partial charge in [-0.1, -0.05) is 0 Å². The molecule has 1 aliphatic rings. The van der Waals surface area contributed by atoms with Gasteiger partial charge in [0.05, 0.1) is 19.8 Å². The Morgan fingerprint density at radius 3 is 2.71 bits per heavy atom. The zero-order chi connectivity index (χ0) is 12.3. The van der Waals surface area contributed by atoms with Crippen LogP contribution in [0.2, 0.25) is 0 Å². The lowest BCUT2D eigenvalue weighted by atomic mass is 10.4. The third-order valence-corrected chi connectivity index (χ3v) is 2.81. The summed E-state index contributed by atoms with van der Waals surface area (Å²) in [4.78, 5) is 13.6. The fraction of sp³-hybridized carbons (Fsp3) is 0.917. The van der Waals surface area contributed by atoms with Crippen LogP contribution in [0.5, 0.6) is 0 Å². The molecule has 1 heterocycles. The average molecular weight is 244 g/mol. The molecule has 0 atom stereocenters. The van der Waals surface area contributed by atoms with E-state index in [4.69, 9.17) is 9.47 Å². The summed E-state index contributed by atoms with van der Waals surface area (Å²) in [6.07, 6.45) is 3.23. The quantitative estimate of drug-likeness (QED) is 0.591. The fourth-order valence-electron chi connectivity index (χ4n) is 1.82. The highest BCUT2D eigenvalue weighted by atomic mass is 16.5. The van der Waals surface area contributed by atoms with Gasteiger partial charge >= 0.3 is 0 Å². The smallest absolute Gasteiger partial charge is 0.236 e. The minimum absolute atomic E-state index is 0.225. The van der Waals surface area contributed by atoms with E-state index in [1.165, 1.54) is 0 Å². The molecule has 5 nitrogen and oxygen atoms in total. The molecule has 0 bridgehead atoms. The summed E-state index contributed by atoms with van der Waals surface area (Å²) in [5.41, 5.74) is 0. The first kappa shape index (κ1) is 14.4. The number of methoxy groups -OCH3 is 1. The van der Waals surface area contributed by atoms with Crippen molar-refractivity contribution in [2.24, 2.45) is 0 Å². The van der Waals surface area contributed by atoms with Crippen molar-refractivity contribution in [1.82, 2.24) is 10.2 Å². The van der Waals surface area contributed by atoms with Crippen LogP contribution in [0.4, 0.5) is 0 Å². The fourth-order valence-corrected chi connectivity index (χ4v) is 1.82. The van der Waals surface area contributed by atoms with Gasteiger partial charge in [-0.25, -0.2) is 0 Å². The van der Waals surface area contributed by atoms with Crippen molar-refractivity contribution >= 4 is 5.91 Å². The van der Waals surface area contributed by atoms with Crippen molar-refractivity contribution in [2.45, 2.75) is 19.3 Å². The second-order valence-electron chi connectivity index (χ2n) is 4.22. The van der Waals surface area contributed by atoms with Gasteiger partial charge in [-0.2, -0.15) is 0 Å². The molecule has 1 saturated heterocycles. The van der Waals surface area contributed by atoms with Gasteiger partial charge in [0.15, 0.2) is 0 Å². The minimum Gasteiger partial charge on any atom is -0.382 e. The van der Waals surface area contributed by atoms with Crippen LogP contribution in [0, 0.1) is 0 Å². The Kier molecular flexibility index (Phi) is 7.96. The Morgan fingerprint density at radius 2 is 2.00 bits per heavy atom. The summed E-state index contributed by atoms with van der Waals surface area (Å²) in [7, 11) is 1.66. The van der Waals surface area contributed by atoms with Crippen LogP contribution in [0.25, 0.3) is 0 Å². The van der Waals surface area contributed by atoms with Crippen molar-refractivity contribution in [3.63, 3.8) is 0 Å². The van der Waals surface area contributed by atoms with E-state index in [0.29, 0.717) is 26.4 Å². The van der Waals surface area contributed by atoms with E-state index in [0.717, 1.165) is 38.9 Å². The number of nitrogens with zero attached hydrogens (tertiary/aromatic N) is 1. The predicted octanol–water partition coefficient (Wildman–Crippen LogP) is 0.252. The molecule has 0 unspecified atom stereocenters. The first-order valence-corrected chi connectivity index (χ1v) is 6.40. The van der Waals surface area contributed by atoms with Crippen molar-refractivity contribution in [2.75, 3.05) is 53.1 Å². The average Bonchev–Trinajstić information content (AvgIpc) is 2.86. The topological polar surface area (TPSA) is 50.8 Å². The molecule has 1 rings (SSSR count). The molecule has 1 amide bonds. The lowest BCUT2D eigenvalue weighted by Gasteiger charge is -2.15. The molecule has 100 valence electrons. The maximum Gasteiger partial charge on any atom is 0.236 e. The minimum atomic E-state index is 0.225. The van der Waals surface area contributed by atoms with Crippen molar-refractivity contribution in [3.05, 3.63) is 0 Å². The number of nitrogens with one attached hydrogen (secondary N) is 1. The maximum atomic E-state index is 11.6. The van der Waals surface area contributed by atoms with Gasteiger partial charge in [0.1, 0.15) is 0 Å². The number of hydrogen-bond acceptors (Lipinski definition) is 4. The van der Waals surface area contributed by atoms with Gasteiger partial charge in [0.2, 0.25) is 5.91 Å². The Hall–Kier alpha value is -0.650. The zero-order valence-corrected chi connectivity index (χ0v) is 10.7. The Balaban J connectivity index is 1.85. The molecule has 1 aliphatic heterocycles. The summed E-state index contributed by atoms with van der Waals surface area (Å²) in [6, 6.07) is 0. The number of likely N-dealkylation sites (tertiary alicyclic amines) is 1. The summed E-state index contributed by atoms with van der Waals surface area (Å²) >= 11 is 0. The van der Waals surface area contributed by atoms with E-state index < -0.39 is 0 Å². The molecule has 1 fully saturated rings. The highest BCUT2D eigenvalue weighted by molar-refractivity contribution is 5.78. The van der Waals surface area contributed by atoms with E-state index in [1.54, 1.807) is 7.11 Å². The molecule has 1 N–H and O–H groups in total. The molecule has 17 heavy (non-hydrogen) atoms. The van der Waals surface area contributed by atoms with Gasteiger partial charge in [-0.05, 0) is 25.8 Å². The highest BCUT2D eigenvalue weighted by Crippen LogP contribution is 2.06. The third-order valence-electron chi connectivity index (χ3n) is 2.81. The van der Waals surface area contributed by atoms with Gasteiger partial charge in [0.25, 0.3) is 0 Å². The zero-order valence-electron chi connectivity index (χ0n) is 10.7. The van der Waals surface area contributed by atoms with Gasteiger partial charge in [-0.15, -0.1) is 0 Å². The summed E-state index contributed by atoms with van der Waals surface area (Å²) in [5, 5.41) is 3.15. The Labute approximate surface area is 103 Å². The summed E-state index contributed by atoms with van der Waals surface area (Å²) < 4.78 is 10.2. The third kappa shape index (κ3) is 6.61. The number of carbonyl (C=O) groups is 1. The maximum absolute atomic E-state index is 11.6. The van der Waals surface area contributed by atoms with Crippen LogP contribution >= 0.6 is 0 Å². The van der Waals surface area contributed by atoms with E-state index in [9.17, 15) is 4.79 Å². The predicted molar refractivity (Wildman–Crippen MR) is 66.0 cm³/mol. The number of rotatable bonds is 9. The van der Waals surface area contributed by atoms with Gasteiger partial charge in [0, 0.05) is 26.8 Å². The first-order valence-electron chi connectivity index (χ1n) is 6.40. The van der Waals surface area contributed by atoms with Gasteiger partial charge in [-0.3, -0.25) is 4.79 Å². The van der Waals surface area contributed by atoms with E-state index in [1.807, 2.05) is 4.90 Å². The number of ether oxygens (including phenoxy) is 2. The van der Waals surface area contributed by atoms with Crippen LogP contribution in [0.3, 0.4) is 0 Å². The summed E-state index contributed by atoms with van der Waals surface area (Å²) in [6.45, 7) is 5.14. The number of amides is 1. The van der Waals surface area contributed by atoms with E-state index in [2.05, 4.69) is 5.32 Å². The van der Waals surface area contributed by atoms with Crippen molar-refractivity contribution < 1.29 is 14.3 Å². The number of carbonyl (C=O) groups excluding carboxylic acids is 1. The second kappa shape index (κ2) is 9.39. The van der Waals surface area contributed by atoms with Crippen LogP contribution in [0.15, 0.2) is 0 Å².